The molecule has 2 aromatic carbocycles. The maximum Gasteiger partial charge on any atom is 0.338 e. The van der Waals surface area contributed by atoms with Crippen molar-refractivity contribution in [2.24, 2.45) is 4.99 Å². The van der Waals surface area contributed by atoms with Gasteiger partial charge in [0.05, 0.1) is 30.2 Å². The van der Waals surface area contributed by atoms with Gasteiger partial charge < -0.3 is 19.6 Å². The number of carbonyl (C=O) groups is 2. The lowest BCUT2D eigenvalue weighted by Gasteiger charge is -2.11. The van der Waals surface area contributed by atoms with Crippen LogP contribution in [0.1, 0.15) is 50.0 Å². The van der Waals surface area contributed by atoms with E-state index in [1.807, 2.05) is 32.0 Å². The Morgan fingerprint density at radius 3 is 2.61 bits per heavy atom. The topological polar surface area (TPSA) is 114 Å². The molecule has 8 heteroatoms. The number of aliphatic hydroxyl groups excluding tert-OH is 1. The van der Waals surface area contributed by atoms with Crippen LogP contribution in [0.25, 0.3) is 11.0 Å². The van der Waals surface area contributed by atoms with Gasteiger partial charge in [-0.25, -0.2) is 9.79 Å². The summed E-state index contributed by atoms with van der Waals surface area (Å²) in [6.45, 7) is 7.46. The number of amides is 1. The molecule has 0 aliphatic carbocycles. The zero-order valence-corrected chi connectivity index (χ0v) is 20.6. The van der Waals surface area contributed by atoms with Crippen molar-refractivity contribution in [1.29, 1.82) is 0 Å². The van der Waals surface area contributed by atoms with E-state index >= 15 is 0 Å². The van der Waals surface area contributed by atoms with E-state index in [0.717, 1.165) is 11.1 Å². The standard InChI is InChI=1S/C28H27N3O5/c1-5-35-28(34)19-7-6-8-21(12-19)31-27-24(26(33)30-22-10-9-16(2)17(3)11-22)13-23-20(15-32)14-29-18(4)25(23)36-27/h6-14,32H,5,15H2,1-4H3,(H,30,33). The predicted octanol–water partition coefficient (Wildman–Crippen LogP) is 4.91. The van der Waals surface area contributed by atoms with E-state index in [1.54, 1.807) is 50.4 Å². The summed E-state index contributed by atoms with van der Waals surface area (Å²) in [5.74, 6) is -0.895. The second kappa shape index (κ2) is 10.5. The first-order valence-corrected chi connectivity index (χ1v) is 11.5. The highest BCUT2D eigenvalue weighted by molar-refractivity contribution is 6.05. The second-order valence-electron chi connectivity index (χ2n) is 8.37. The summed E-state index contributed by atoms with van der Waals surface area (Å²) in [6, 6.07) is 13.9. The van der Waals surface area contributed by atoms with Crippen LogP contribution in [0, 0.1) is 20.8 Å². The van der Waals surface area contributed by atoms with Crippen LogP contribution >= 0.6 is 0 Å². The molecule has 1 amide bonds. The van der Waals surface area contributed by atoms with Gasteiger partial charge in [0.1, 0.15) is 5.56 Å². The molecule has 0 saturated carbocycles. The number of carbonyl (C=O) groups excluding carboxylic acids is 2. The highest BCUT2D eigenvalue weighted by Gasteiger charge is 2.17. The number of anilines is 1. The molecule has 0 radical (unpaired) electrons. The fraction of sp³-hybridized carbons (Fsp3) is 0.214. The van der Waals surface area contributed by atoms with Gasteiger partial charge in [-0.1, -0.05) is 12.1 Å². The van der Waals surface area contributed by atoms with E-state index in [1.165, 1.54) is 0 Å². The van der Waals surface area contributed by atoms with Crippen LogP contribution in [-0.4, -0.2) is 28.6 Å². The van der Waals surface area contributed by atoms with E-state index in [9.17, 15) is 14.7 Å². The minimum absolute atomic E-state index is 0.0461. The first-order valence-electron chi connectivity index (χ1n) is 11.5. The van der Waals surface area contributed by atoms with Crippen molar-refractivity contribution in [1.82, 2.24) is 4.98 Å². The Bertz CT molecular complexity index is 1540. The molecule has 4 aromatic rings. The van der Waals surface area contributed by atoms with Gasteiger partial charge >= 0.3 is 5.97 Å². The highest BCUT2D eigenvalue weighted by atomic mass is 16.5. The third kappa shape index (κ3) is 5.18. The first kappa shape index (κ1) is 24.8. The van der Waals surface area contributed by atoms with Crippen LogP contribution in [0.15, 0.2) is 64.1 Å². The molecule has 4 rings (SSSR count). The van der Waals surface area contributed by atoms with Crippen molar-refractivity contribution in [3.8, 4) is 0 Å². The number of aromatic nitrogens is 1. The maximum atomic E-state index is 13.4. The Hall–Kier alpha value is -4.30. The van der Waals surface area contributed by atoms with Crippen molar-refractivity contribution in [2.75, 3.05) is 11.9 Å². The Labute approximate surface area is 208 Å². The predicted molar refractivity (Wildman–Crippen MR) is 136 cm³/mol. The molecular formula is C28H27N3O5. The summed E-state index contributed by atoms with van der Waals surface area (Å²) in [5, 5.41) is 13.3. The smallest absolute Gasteiger partial charge is 0.338 e. The van der Waals surface area contributed by atoms with Gasteiger partial charge in [0, 0.05) is 22.8 Å². The number of fused-ring (bicyclic) bond motifs is 1. The normalized spacial score (nSPS) is 11.5. The third-order valence-electron chi connectivity index (χ3n) is 5.82. The van der Waals surface area contributed by atoms with Gasteiger partial charge in [0.25, 0.3) is 5.91 Å². The summed E-state index contributed by atoms with van der Waals surface area (Å²) >= 11 is 0. The van der Waals surface area contributed by atoms with E-state index in [0.29, 0.717) is 39.2 Å². The summed E-state index contributed by atoms with van der Waals surface area (Å²) < 4.78 is 11.2. The molecule has 0 aliphatic heterocycles. The minimum atomic E-state index is -0.467. The Balaban J connectivity index is 1.89. The average molecular weight is 486 g/mol. The zero-order valence-electron chi connectivity index (χ0n) is 20.6. The van der Waals surface area contributed by atoms with Crippen LogP contribution in [0.3, 0.4) is 0 Å². The van der Waals surface area contributed by atoms with Gasteiger partial charge in [-0.2, -0.15) is 0 Å². The summed E-state index contributed by atoms with van der Waals surface area (Å²) in [4.78, 5) is 34.5. The molecule has 2 heterocycles. The Kier molecular flexibility index (Phi) is 7.26. The first-order chi connectivity index (χ1) is 17.3. The SMILES string of the molecule is CCOC(=O)c1cccc(N=c2oc3c(C)ncc(CO)c3cc2C(=O)Nc2ccc(C)c(C)c2)c1. The van der Waals surface area contributed by atoms with E-state index in [2.05, 4.69) is 15.3 Å². The van der Waals surface area contributed by atoms with Crippen LogP contribution in [0.2, 0.25) is 0 Å². The molecule has 0 aliphatic rings. The highest BCUT2D eigenvalue weighted by Crippen LogP contribution is 2.23. The third-order valence-corrected chi connectivity index (χ3v) is 5.82. The fourth-order valence-electron chi connectivity index (χ4n) is 3.71. The number of pyridine rings is 1. The average Bonchev–Trinajstić information content (AvgIpc) is 2.87. The molecule has 2 aromatic heterocycles. The monoisotopic (exact) mass is 485 g/mol. The molecule has 0 spiro atoms. The number of hydrogen-bond acceptors (Lipinski definition) is 7. The van der Waals surface area contributed by atoms with Gasteiger partial charge in [0.15, 0.2) is 5.58 Å². The Morgan fingerprint density at radius 1 is 1.08 bits per heavy atom. The van der Waals surface area contributed by atoms with Crippen LogP contribution in [0.5, 0.6) is 0 Å². The van der Waals surface area contributed by atoms with Gasteiger partial charge in [-0.05, 0) is 75.2 Å². The lowest BCUT2D eigenvalue weighted by Crippen LogP contribution is -2.22. The summed E-state index contributed by atoms with van der Waals surface area (Å²) in [7, 11) is 0. The van der Waals surface area contributed by atoms with Crippen LogP contribution in [-0.2, 0) is 11.3 Å². The van der Waals surface area contributed by atoms with Crippen molar-refractivity contribution in [3.05, 3.63) is 93.8 Å². The molecule has 2 N–H and O–H groups in total. The molecule has 0 saturated heterocycles. The molecule has 184 valence electrons. The molecular weight excluding hydrogens is 458 g/mol. The number of aliphatic hydroxyl groups is 1. The molecule has 36 heavy (non-hydrogen) atoms. The van der Waals surface area contributed by atoms with E-state index < -0.39 is 11.9 Å². The lowest BCUT2D eigenvalue weighted by atomic mass is 10.1. The molecule has 0 atom stereocenters. The number of benzene rings is 2. The van der Waals surface area contributed by atoms with Crippen LogP contribution in [0.4, 0.5) is 11.4 Å². The molecule has 0 bridgehead atoms. The summed E-state index contributed by atoms with van der Waals surface area (Å²) in [6.07, 6.45) is 1.55. The van der Waals surface area contributed by atoms with Crippen molar-refractivity contribution in [2.45, 2.75) is 34.3 Å². The van der Waals surface area contributed by atoms with E-state index in [-0.39, 0.29) is 24.3 Å². The van der Waals surface area contributed by atoms with Crippen molar-refractivity contribution < 1.29 is 23.8 Å². The van der Waals surface area contributed by atoms with Gasteiger partial charge in [-0.3, -0.25) is 9.78 Å². The minimum Gasteiger partial charge on any atom is -0.462 e. The summed E-state index contributed by atoms with van der Waals surface area (Å²) in [5.41, 5.74) is 5.26. The van der Waals surface area contributed by atoms with Crippen LogP contribution < -0.4 is 10.9 Å². The maximum absolute atomic E-state index is 13.4. The number of aryl methyl sites for hydroxylation is 3. The number of hydrogen-bond donors (Lipinski definition) is 2. The molecule has 0 unspecified atom stereocenters. The van der Waals surface area contributed by atoms with Crippen molar-refractivity contribution >= 4 is 34.2 Å². The zero-order chi connectivity index (χ0) is 25.8. The molecule has 0 fully saturated rings. The fourth-order valence-corrected chi connectivity index (χ4v) is 3.71. The number of esters is 1. The Morgan fingerprint density at radius 2 is 1.89 bits per heavy atom. The van der Waals surface area contributed by atoms with Crippen molar-refractivity contribution in [3.63, 3.8) is 0 Å². The van der Waals surface area contributed by atoms with Gasteiger partial charge in [0.2, 0.25) is 5.55 Å². The quantitative estimate of drug-likeness (QED) is 0.375. The van der Waals surface area contributed by atoms with E-state index in [4.69, 9.17) is 9.15 Å². The second-order valence-corrected chi connectivity index (χ2v) is 8.37. The number of nitrogens with one attached hydrogen (secondary N) is 1. The largest absolute Gasteiger partial charge is 0.462 e. The molecule has 8 nitrogen and oxygen atoms in total. The lowest BCUT2D eigenvalue weighted by molar-refractivity contribution is 0.0526. The number of rotatable bonds is 6. The number of ether oxygens (including phenoxy) is 1. The number of nitrogens with zero attached hydrogens (tertiary/aromatic N) is 2. The van der Waals surface area contributed by atoms with Gasteiger partial charge in [-0.15, -0.1) is 0 Å².